The number of nitrogens with zero attached hydrogens (tertiary/aromatic N) is 4. The minimum absolute atomic E-state index is 0.144. The fourth-order valence-electron chi connectivity index (χ4n) is 4.44. The van der Waals surface area contributed by atoms with Gasteiger partial charge < -0.3 is 10.2 Å². The number of fused-ring (bicyclic) bond motifs is 1. The monoisotopic (exact) mass is 369 g/mol. The lowest BCUT2D eigenvalue weighted by molar-refractivity contribution is -0.129. The van der Waals surface area contributed by atoms with E-state index in [2.05, 4.69) is 15.4 Å². The molecule has 4 rings (SSSR count). The number of rotatable bonds is 3. The van der Waals surface area contributed by atoms with Gasteiger partial charge in [-0.25, -0.2) is 9.50 Å². The summed E-state index contributed by atoms with van der Waals surface area (Å²) in [5.41, 5.74) is 2.81. The minimum atomic E-state index is -0.206. The van der Waals surface area contributed by atoms with Crippen LogP contribution in [0.5, 0.6) is 0 Å². The Hall–Kier alpha value is -2.44. The van der Waals surface area contributed by atoms with Crippen LogP contribution in [0.1, 0.15) is 66.7 Å². The van der Waals surface area contributed by atoms with Crippen LogP contribution in [0.15, 0.2) is 12.3 Å². The number of carbonyl (C=O) groups excluding carboxylic acids is 2. The molecule has 3 heterocycles. The van der Waals surface area contributed by atoms with Crippen molar-refractivity contribution in [2.75, 3.05) is 6.54 Å². The molecule has 2 fully saturated rings. The molecule has 1 atom stereocenters. The normalized spacial score (nSPS) is 21.6. The largest absolute Gasteiger partial charge is 0.347 e. The fourth-order valence-corrected chi connectivity index (χ4v) is 4.44. The highest BCUT2D eigenvalue weighted by Gasteiger charge is 2.35. The van der Waals surface area contributed by atoms with Crippen molar-refractivity contribution in [3.05, 3.63) is 29.2 Å². The van der Waals surface area contributed by atoms with Crippen LogP contribution in [0.4, 0.5) is 0 Å². The molecule has 2 aromatic rings. The van der Waals surface area contributed by atoms with Gasteiger partial charge >= 0.3 is 0 Å². The second-order valence-electron chi connectivity index (χ2n) is 7.90. The maximum absolute atomic E-state index is 12.8. The minimum Gasteiger partial charge on any atom is -0.347 e. The number of hydrogen-bond acceptors (Lipinski definition) is 4. The first-order chi connectivity index (χ1) is 13.0. The Morgan fingerprint density at radius 1 is 1.19 bits per heavy atom. The van der Waals surface area contributed by atoms with Crippen molar-refractivity contribution in [2.45, 2.75) is 70.9 Å². The summed E-state index contributed by atoms with van der Waals surface area (Å²) in [6, 6.07) is 2.13. The van der Waals surface area contributed by atoms with Gasteiger partial charge in [-0.2, -0.15) is 5.10 Å². The highest BCUT2D eigenvalue weighted by molar-refractivity contribution is 6.00. The number of amides is 2. The molecule has 0 aromatic carbocycles. The smallest absolute Gasteiger partial charge is 0.257 e. The first-order valence-electron chi connectivity index (χ1n) is 9.95. The van der Waals surface area contributed by atoms with Crippen molar-refractivity contribution in [2.24, 2.45) is 0 Å². The Kier molecular flexibility index (Phi) is 4.85. The van der Waals surface area contributed by atoms with Crippen LogP contribution in [0, 0.1) is 13.8 Å². The van der Waals surface area contributed by atoms with E-state index in [1.54, 1.807) is 10.7 Å². The van der Waals surface area contributed by atoms with Crippen molar-refractivity contribution in [3.8, 4) is 0 Å². The third-order valence-electron chi connectivity index (χ3n) is 5.78. The zero-order valence-corrected chi connectivity index (χ0v) is 16.1. The Morgan fingerprint density at radius 2 is 1.93 bits per heavy atom. The zero-order valence-electron chi connectivity index (χ0n) is 16.1. The number of aromatic nitrogens is 3. The lowest BCUT2D eigenvalue weighted by Crippen LogP contribution is -2.40. The van der Waals surface area contributed by atoms with Crippen molar-refractivity contribution in [1.29, 1.82) is 0 Å². The van der Waals surface area contributed by atoms with E-state index in [1.165, 1.54) is 25.7 Å². The lowest BCUT2D eigenvalue weighted by Gasteiger charge is -2.27. The van der Waals surface area contributed by atoms with Gasteiger partial charge in [0, 0.05) is 30.4 Å². The van der Waals surface area contributed by atoms with Crippen LogP contribution in [0.3, 0.4) is 0 Å². The second-order valence-corrected chi connectivity index (χ2v) is 7.90. The molecule has 7 heteroatoms. The Balaban J connectivity index is 1.47. The van der Waals surface area contributed by atoms with Crippen molar-refractivity contribution in [3.63, 3.8) is 0 Å². The molecule has 2 amide bonds. The highest BCUT2D eigenvalue weighted by Crippen LogP contribution is 2.26. The van der Waals surface area contributed by atoms with Crippen molar-refractivity contribution in [1.82, 2.24) is 24.8 Å². The Bertz CT molecular complexity index is 867. The molecule has 0 radical (unpaired) electrons. The average Bonchev–Trinajstić information content (AvgIpc) is 3.08. The number of aryl methyl sites for hydroxylation is 2. The maximum atomic E-state index is 12.8. The van der Waals surface area contributed by atoms with E-state index in [0.29, 0.717) is 30.2 Å². The highest BCUT2D eigenvalue weighted by atomic mass is 16.2. The summed E-state index contributed by atoms with van der Waals surface area (Å²) in [6.45, 7) is 4.46. The van der Waals surface area contributed by atoms with E-state index < -0.39 is 0 Å². The van der Waals surface area contributed by atoms with Crippen LogP contribution in [-0.2, 0) is 4.79 Å². The second kappa shape index (κ2) is 7.29. The van der Waals surface area contributed by atoms with Gasteiger partial charge in [0.1, 0.15) is 5.56 Å². The molecule has 7 nitrogen and oxygen atoms in total. The van der Waals surface area contributed by atoms with Crippen LogP contribution >= 0.6 is 0 Å². The molecule has 0 spiro atoms. The molecule has 2 aromatic heterocycles. The molecule has 1 N–H and O–H groups in total. The first kappa shape index (κ1) is 17.9. The molecular formula is C20H27N5O2. The maximum Gasteiger partial charge on any atom is 0.257 e. The standard InChI is InChI=1S/C20H27N5O2/c1-13-9-14(2)25-19(22-13)17(11-21-25)20(27)23-15-10-18(26)24(12-15)16-7-5-3-4-6-8-16/h9,11,15-16H,3-8,10,12H2,1-2H3,(H,23,27)/t15-/m1/s1. The van der Waals surface area contributed by atoms with E-state index in [4.69, 9.17) is 0 Å². The summed E-state index contributed by atoms with van der Waals surface area (Å²) in [4.78, 5) is 31.8. The van der Waals surface area contributed by atoms with Crippen molar-refractivity contribution < 1.29 is 9.59 Å². The zero-order chi connectivity index (χ0) is 19.0. The summed E-state index contributed by atoms with van der Waals surface area (Å²) >= 11 is 0. The number of hydrogen-bond donors (Lipinski definition) is 1. The van der Waals surface area contributed by atoms with Gasteiger partial charge in [0.15, 0.2) is 5.65 Å². The topological polar surface area (TPSA) is 79.6 Å². The molecular weight excluding hydrogens is 342 g/mol. The van der Waals surface area contributed by atoms with Crippen molar-refractivity contribution >= 4 is 17.5 Å². The summed E-state index contributed by atoms with van der Waals surface area (Å²) in [5, 5.41) is 7.32. The third kappa shape index (κ3) is 3.55. The van der Waals surface area contributed by atoms with E-state index in [0.717, 1.165) is 24.2 Å². The molecule has 1 saturated carbocycles. The predicted octanol–water partition coefficient (Wildman–Crippen LogP) is 2.40. The number of likely N-dealkylation sites (tertiary alicyclic amines) is 1. The van der Waals surface area contributed by atoms with E-state index in [-0.39, 0.29) is 17.9 Å². The van der Waals surface area contributed by atoms with E-state index in [1.807, 2.05) is 24.8 Å². The summed E-state index contributed by atoms with van der Waals surface area (Å²) in [5.74, 6) is -0.0418. The summed E-state index contributed by atoms with van der Waals surface area (Å²) in [6.07, 6.45) is 9.03. The first-order valence-corrected chi connectivity index (χ1v) is 9.95. The van der Waals surface area contributed by atoms with Gasteiger partial charge in [-0.15, -0.1) is 0 Å². The van der Waals surface area contributed by atoms with Gasteiger partial charge in [0.25, 0.3) is 5.91 Å². The Morgan fingerprint density at radius 3 is 2.67 bits per heavy atom. The van der Waals surface area contributed by atoms with Crippen LogP contribution < -0.4 is 5.32 Å². The van der Waals surface area contributed by atoms with Gasteiger partial charge in [0.2, 0.25) is 5.91 Å². The molecule has 1 aliphatic carbocycles. The van der Waals surface area contributed by atoms with Crippen LogP contribution in [0.25, 0.3) is 5.65 Å². The third-order valence-corrected chi connectivity index (χ3v) is 5.78. The van der Waals surface area contributed by atoms with Crippen LogP contribution in [0.2, 0.25) is 0 Å². The molecule has 0 bridgehead atoms. The molecule has 1 aliphatic heterocycles. The molecule has 144 valence electrons. The summed E-state index contributed by atoms with van der Waals surface area (Å²) < 4.78 is 1.68. The van der Waals surface area contributed by atoms with Gasteiger partial charge in [-0.05, 0) is 32.8 Å². The average molecular weight is 369 g/mol. The SMILES string of the molecule is Cc1cc(C)n2ncc(C(=O)N[C@@H]3CC(=O)N(C4CCCCCC4)C3)c2n1. The lowest BCUT2D eigenvalue weighted by atomic mass is 10.1. The van der Waals surface area contributed by atoms with Gasteiger partial charge in [-0.3, -0.25) is 9.59 Å². The van der Waals surface area contributed by atoms with Gasteiger partial charge in [-0.1, -0.05) is 25.7 Å². The number of nitrogens with one attached hydrogen (secondary N) is 1. The van der Waals surface area contributed by atoms with Gasteiger partial charge in [0.05, 0.1) is 12.2 Å². The summed E-state index contributed by atoms with van der Waals surface area (Å²) in [7, 11) is 0. The fraction of sp³-hybridized carbons (Fsp3) is 0.600. The molecule has 0 unspecified atom stereocenters. The number of carbonyl (C=O) groups is 2. The molecule has 1 saturated heterocycles. The molecule has 2 aliphatic rings. The quantitative estimate of drug-likeness (QED) is 0.843. The molecule has 27 heavy (non-hydrogen) atoms. The Labute approximate surface area is 159 Å². The van der Waals surface area contributed by atoms with E-state index >= 15 is 0 Å². The van der Waals surface area contributed by atoms with E-state index in [9.17, 15) is 9.59 Å². The predicted molar refractivity (Wildman–Crippen MR) is 102 cm³/mol. The van der Waals surface area contributed by atoms with Crippen LogP contribution in [-0.4, -0.2) is 49.9 Å².